The van der Waals surface area contributed by atoms with Crippen LogP contribution in [0.2, 0.25) is 0 Å². The maximum Gasteiger partial charge on any atom is 0.262 e. The summed E-state index contributed by atoms with van der Waals surface area (Å²) in [4.78, 5) is 26.1. The van der Waals surface area contributed by atoms with Gasteiger partial charge in [0.1, 0.15) is 5.75 Å². The van der Waals surface area contributed by atoms with Crippen LogP contribution in [0.3, 0.4) is 0 Å². The molecule has 1 aromatic rings. The summed E-state index contributed by atoms with van der Waals surface area (Å²) in [5.41, 5.74) is 0.921. The number of carbonyl (C=O) groups is 2. The molecule has 0 saturated carbocycles. The Labute approximate surface area is 152 Å². The van der Waals surface area contributed by atoms with Gasteiger partial charge in [0, 0.05) is 32.4 Å². The summed E-state index contributed by atoms with van der Waals surface area (Å²) >= 11 is 0. The van der Waals surface area contributed by atoms with Crippen LogP contribution >= 0.6 is 0 Å². The number of hydrogen-bond donors (Lipinski definition) is 1. The first-order valence-electron chi connectivity index (χ1n) is 9.14. The molecular formula is C19H24N2O5. The smallest absolute Gasteiger partial charge is 0.262 e. The van der Waals surface area contributed by atoms with E-state index in [1.807, 2.05) is 4.90 Å². The lowest BCUT2D eigenvalue weighted by atomic mass is 9.81. The second kappa shape index (κ2) is 6.89. The van der Waals surface area contributed by atoms with Crippen LogP contribution in [-0.4, -0.2) is 61.8 Å². The first-order chi connectivity index (χ1) is 12.6. The summed E-state index contributed by atoms with van der Waals surface area (Å²) in [6.07, 6.45) is 3.71. The fourth-order valence-electron chi connectivity index (χ4n) is 4.18. The normalized spacial score (nSPS) is 24.6. The maximum atomic E-state index is 12.9. The Morgan fingerprint density at radius 1 is 1.35 bits per heavy atom. The summed E-state index contributed by atoms with van der Waals surface area (Å²) in [5.74, 6) is 0.338. The zero-order valence-electron chi connectivity index (χ0n) is 15.0. The average molecular weight is 360 g/mol. The molecule has 3 heterocycles. The molecule has 0 unspecified atom stereocenters. The number of likely N-dealkylation sites (tertiary alicyclic amines) is 1. The van der Waals surface area contributed by atoms with Crippen LogP contribution in [0.15, 0.2) is 18.2 Å². The molecule has 1 atom stereocenters. The number of carbonyl (C=O) groups excluding carboxylic acids is 2. The lowest BCUT2D eigenvalue weighted by molar-refractivity contribution is -0.183. The monoisotopic (exact) mass is 360 g/mol. The fraction of sp³-hybridized carbons (Fsp3) is 0.579. The summed E-state index contributed by atoms with van der Waals surface area (Å²) in [6.45, 7) is 2.04. The van der Waals surface area contributed by atoms with Crippen LogP contribution in [-0.2, 0) is 14.3 Å². The van der Waals surface area contributed by atoms with Gasteiger partial charge in [0.2, 0.25) is 0 Å². The minimum Gasteiger partial charge on any atom is -0.482 e. The Balaban J connectivity index is 1.45. The number of fused-ring (bicyclic) bond motifs is 1. The van der Waals surface area contributed by atoms with Crippen molar-refractivity contribution in [3.05, 3.63) is 23.8 Å². The van der Waals surface area contributed by atoms with Crippen LogP contribution < -0.4 is 10.1 Å². The zero-order valence-corrected chi connectivity index (χ0v) is 15.0. The highest BCUT2D eigenvalue weighted by Gasteiger charge is 2.45. The lowest BCUT2D eigenvalue weighted by Gasteiger charge is -2.48. The fourth-order valence-corrected chi connectivity index (χ4v) is 4.18. The molecule has 140 valence electrons. The highest BCUT2D eigenvalue weighted by Crippen LogP contribution is 2.37. The molecule has 2 fully saturated rings. The molecule has 7 nitrogen and oxygen atoms in total. The molecule has 0 aromatic heterocycles. The third kappa shape index (κ3) is 3.05. The lowest BCUT2D eigenvalue weighted by Crippen LogP contribution is -2.56. The van der Waals surface area contributed by atoms with E-state index < -0.39 is 0 Å². The molecule has 0 bridgehead atoms. The Morgan fingerprint density at radius 2 is 2.15 bits per heavy atom. The van der Waals surface area contributed by atoms with Gasteiger partial charge >= 0.3 is 0 Å². The van der Waals surface area contributed by atoms with Crippen LogP contribution in [0.5, 0.6) is 5.75 Å². The van der Waals surface area contributed by atoms with Gasteiger partial charge in [-0.05, 0) is 43.9 Å². The Kier molecular flexibility index (Phi) is 4.58. The second-order valence-electron chi connectivity index (χ2n) is 7.12. The van der Waals surface area contributed by atoms with Gasteiger partial charge in [-0.3, -0.25) is 9.59 Å². The first kappa shape index (κ1) is 17.3. The Bertz CT molecular complexity index is 712. The molecule has 7 heteroatoms. The van der Waals surface area contributed by atoms with Gasteiger partial charge in [0.05, 0.1) is 17.4 Å². The van der Waals surface area contributed by atoms with Crippen molar-refractivity contribution in [3.8, 4) is 5.75 Å². The molecule has 2 amide bonds. The van der Waals surface area contributed by atoms with Crippen molar-refractivity contribution in [2.45, 2.75) is 37.4 Å². The van der Waals surface area contributed by atoms with Crippen molar-refractivity contribution in [1.29, 1.82) is 0 Å². The van der Waals surface area contributed by atoms with Crippen LogP contribution in [0, 0.1) is 0 Å². The third-order valence-corrected chi connectivity index (χ3v) is 5.63. The van der Waals surface area contributed by atoms with Gasteiger partial charge < -0.3 is 24.4 Å². The average Bonchev–Trinajstić information content (AvgIpc) is 2.68. The maximum absolute atomic E-state index is 12.9. The predicted molar refractivity (Wildman–Crippen MR) is 94.4 cm³/mol. The minimum absolute atomic E-state index is 0.0204. The van der Waals surface area contributed by atoms with Gasteiger partial charge in [0.15, 0.2) is 6.61 Å². The summed E-state index contributed by atoms with van der Waals surface area (Å²) < 4.78 is 17.2. The van der Waals surface area contributed by atoms with E-state index in [9.17, 15) is 9.59 Å². The topological polar surface area (TPSA) is 77.1 Å². The number of amides is 2. The highest BCUT2D eigenvalue weighted by molar-refractivity contribution is 5.99. The molecule has 26 heavy (non-hydrogen) atoms. The molecule has 1 spiro atoms. The number of anilines is 1. The van der Waals surface area contributed by atoms with Crippen LogP contribution in [0.4, 0.5) is 5.69 Å². The standard InChI is InChI=1S/C19H24N2O5/c1-24-16-3-2-10-26-19(16)6-8-21(9-7-19)18(23)13-4-5-14-15(11-13)25-12-17(22)20-14/h4-5,11,16H,2-3,6-10,12H2,1H3,(H,20,22)/t16-/m1/s1. The Hall–Kier alpha value is -2.12. The number of rotatable bonds is 2. The van der Waals surface area contributed by atoms with Gasteiger partial charge in [-0.2, -0.15) is 0 Å². The predicted octanol–water partition coefficient (Wildman–Crippen LogP) is 1.82. The van der Waals surface area contributed by atoms with E-state index in [2.05, 4.69) is 5.32 Å². The molecule has 2 saturated heterocycles. The number of ether oxygens (including phenoxy) is 3. The van der Waals surface area contributed by atoms with Crippen LogP contribution in [0.25, 0.3) is 0 Å². The van der Waals surface area contributed by atoms with Crippen molar-refractivity contribution in [2.24, 2.45) is 0 Å². The summed E-state index contributed by atoms with van der Waals surface area (Å²) in [5, 5.41) is 2.74. The van der Waals surface area contributed by atoms with Crippen molar-refractivity contribution in [2.75, 3.05) is 38.7 Å². The van der Waals surface area contributed by atoms with Gasteiger partial charge in [-0.1, -0.05) is 0 Å². The van der Waals surface area contributed by atoms with Gasteiger partial charge in [-0.15, -0.1) is 0 Å². The molecule has 0 aliphatic carbocycles. The van der Waals surface area contributed by atoms with Crippen LogP contribution in [0.1, 0.15) is 36.0 Å². The van der Waals surface area contributed by atoms with E-state index >= 15 is 0 Å². The van der Waals surface area contributed by atoms with Crippen molar-refractivity contribution >= 4 is 17.5 Å². The minimum atomic E-state index is -0.257. The van der Waals surface area contributed by atoms with E-state index in [-0.39, 0.29) is 30.1 Å². The number of nitrogens with one attached hydrogen (secondary N) is 1. The van der Waals surface area contributed by atoms with E-state index in [1.54, 1.807) is 25.3 Å². The van der Waals surface area contributed by atoms with Crippen molar-refractivity contribution < 1.29 is 23.8 Å². The van der Waals surface area contributed by atoms with Crippen molar-refractivity contribution in [1.82, 2.24) is 4.90 Å². The van der Waals surface area contributed by atoms with E-state index in [0.29, 0.717) is 30.1 Å². The first-order valence-corrected chi connectivity index (χ1v) is 9.14. The number of benzene rings is 1. The molecule has 3 aliphatic heterocycles. The quantitative estimate of drug-likeness (QED) is 0.871. The van der Waals surface area contributed by atoms with E-state index in [1.165, 1.54) is 0 Å². The second-order valence-corrected chi connectivity index (χ2v) is 7.12. The number of piperidine rings is 1. The number of methoxy groups -OCH3 is 1. The number of hydrogen-bond acceptors (Lipinski definition) is 5. The summed E-state index contributed by atoms with van der Waals surface area (Å²) in [7, 11) is 1.74. The molecular weight excluding hydrogens is 336 g/mol. The zero-order chi connectivity index (χ0) is 18.1. The third-order valence-electron chi connectivity index (χ3n) is 5.63. The molecule has 1 N–H and O–H groups in total. The number of nitrogens with zero attached hydrogens (tertiary/aromatic N) is 1. The highest BCUT2D eigenvalue weighted by atomic mass is 16.5. The summed E-state index contributed by atoms with van der Waals surface area (Å²) in [6, 6.07) is 5.16. The van der Waals surface area contributed by atoms with Gasteiger partial charge in [-0.25, -0.2) is 0 Å². The van der Waals surface area contributed by atoms with E-state index in [0.717, 1.165) is 32.3 Å². The van der Waals surface area contributed by atoms with Gasteiger partial charge in [0.25, 0.3) is 11.8 Å². The Morgan fingerprint density at radius 3 is 2.92 bits per heavy atom. The largest absolute Gasteiger partial charge is 0.482 e. The van der Waals surface area contributed by atoms with Crippen molar-refractivity contribution in [3.63, 3.8) is 0 Å². The molecule has 4 rings (SSSR count). The molecule has 0 radical (unpaired) electrons. The van der Waals surface area contributed by atoms with E-state index in [4.69, 9.17) is 14.2 Å². The molecule has 3 aliphatic rings. The molecule has 1 aromatic carbocycles. The SMILES string of the molecule is CO[C@@H]1CCCOC12CCN(C(=O)c1ccc3c(c1)OCC(=O)N3)CC2.